The summed E-state index contributed by atoms with van der Waals surface area (Å²) in [4.78, 5) is 12.6. The molecule has 0 bridgehead atoms. The van der Waals surface area contributed by atoms with E-state index in [4.69, 9.17) is 5.11 Å². The van der Waals surface area contributed by atoms with E-state index in [-0.39, 0.29) is 0 Å². The molecule has 0 saturated heterocycles. The third-order valence-electron chi connectivity index (χ3n) is 2.83. The summed E-state index contributed by atoms with van der Waals surface area (Å²) in [6.07, 6.45) is 4.73. The quantitative estimate of drug-likeness (QED) is 0.722. The number of carboxylic acids is 1. The van der Waals surface area contributed by atoms with Crippen LogP contribution in [-0.2, 0) is 6.42 Å². The summed E-state index contributed by atoms with van der Waals surface area (Å²) in [5.41, 5.74) is 1.28. The molecule has 0 radical (unpaired) electrons. The van der Waals surface area contributed by atoms with Crippen LogP contribution in [0.5, 0.6) is 0 Å². The molecule has 1 aliphatic carbocycles. The molecular weight excluding hydrogens is 196 g/mol. The van der Waals surface area contributed by atoms with Gasteiger partial charge in [-0.25, -0.2) is 4.79 Å². The summed E-state index contributed by atoms with van der Waals surface area (Å²) < 4.78 is 0. The zero-order valence-electron chi connectivity index (χ0n) is 8.25. The Hall–Kier alpha value is -0.830. The number of carboxylic acid groups (broad SMARTS) is 1. The van der Waals surface area contributed by atoms with E-state index in [0.29, 0.717) is 10.8 Å². The number of fused-ring (bicyclic) bond motifs is 1. The summed E-state index contributed by atoms with van der Waals surface area (Å²) in [6, 6.07) is 1.87. The molecule has 1 aliphatic rings. The average molecular weight is 210 g/mol. The van der Waals surface area contributed by atoms with Gasteiger partial charge in [0.15, 0.2) is 0 Å². The maximum absolute atomic E-state index is 10.8. The van der Waals surface area contributed by atoms with Crippen molar-refractivity contribution in [1.29, 1.82) is 0 Å². The Morgan fingerprint density at radius 1 is 1.57 bits per heavy atom. The Morgan fingerprint density at radius 2 is 2.36 bits per heavy atom. The van der Waals surface area contributed by atoms with Gasteiger partial charge in [-0.3, -0.25) is 0 Å². The van der Waals surface area contributed by atoms with Gasteiger partial charge in [0.2, 0.25) is 0 Å². The summed E-state index contributed by atoms with van der Waals surface area (Å²) in [7, 11) is 0. The molecule has 0 fully saturated rings. The fourth-order valence-electron chi connectivity index (χ4n) is 2.06. The normalized spacial score (nSPS) is 21.4. The number of rotatable bonds is 1. The molecule has 76 valence electrons. The van der Waals surface area contributed by atoms with Crippen molar-refractivity contribution in [3.63, 3.8) is 0 Å². The van der Waals surface area contributed by atoms with Crippen molar-refractivity contribution in [3.8, 4) is 0 Å². The zero-order valence-corrected chi connectivity index (χ0v) is 9.06. The van der Waals surface area contributed by atoms with Crippen molar-refractivity contribution in [3.05, 3.63) is 21.4 Å². The highest BCUT2D eigenvalue weighted by molar-refractivity contribution is 7.14. The number of thiophene rings is 1. The number of aryl methyl sites for hydroxylation is 1. The van der Waals surface area contributed by atoms with Gasteiger partial charge in [0.1, 0.15) is 4.88 Å². The van der Waals surface area contributed by atoms with Gasteiger partial charge in [-0.15, -0.1) is 11.3 Å². The molecule has 0 spiro atoms. The van der Waals surface area contributed by atoms with E-state index in [1.165, 1.54) is 41.0 Å². The molecule has 2 nitrogen and oxygen atoms in total. The van der Waals surface area contributed by atoms with Crippen molar-refractivity contribution in [1.82, 2.24) is 0 Å². The van der Waals surface area contributed by atoms with E-state index in [0.717, 1.165) is 6.42 Å². The highest BCUT2D eigenvalue weighted by atomic mass is 32.1. The molecule has 1 aromatic heterocycles. The first-order valence-electron chi connectivity index (χ1n) is 5.04. The van der Waals surface area contributed by atoms with Gasteiger partial charge in [-0.05, 0) is 36.8 Å². The fourth-order valence-corrected chi connectivity index (χ4v) is 3.19. The number of hydrogen-bond acceptors (Lipinski definition) is 2. The van der Waals surface area contributed by atoms with E-state index in [1.807, 2.05) is 6.07 Å². The van der Waals surface area contributed by atoms with Crippen LogP contribution in [0.3, 0.4) is 0 Å². The molecule has 0 unspecified atom stereocenters. The predicted molar refractivity (Wildman–Crippen MR) is 57.2 cm³/mol. The van der Waals surface area contributed by atoms with Crippen LogP contribution in [0.1, 0.15) is 52.2 Å². The second-order valence-corrected chi connectivity index (χ2v) is 5.04. The highest BCUT2D eigenvalue weighted by Crippen LogP contribution is 2.36. The van der Waals surface area contributed by atoms with E-state index < -0.39 is 5.97 Å². The minimum Gasteiger partial charge on any atom is -0.477 e. The van der Waals surface area contributed by atoms with Crippen molar-refractivity contribution in [2.75, 3.05) is 0 Å². The Kier molecular flexibility index (Phi) is 2.59. The van der Waals surface area contributed by atoms with Crippen molar-refractivity contribution in [2.45, 2.75) is 38.5 Å². The summed E-state index contributed by atoms with van der Waals surface area (Å²) in [5, 5.41) is 8.90. The molecule has 0 aliphatic heterocycles. The SMILES string of the molecule is C[C@H]1CCCCc2cc(C(=O)O)sc21. The van der Waals surface area contributed by atoms with Gasteiger partial charge in [-0.1, -0.05) is 13.3 Å². The lowest BCUT2D eigenvalue weighted by Gasteiger charge is -2.05. The van der Waals surface area contributed by atoms with Gasteiger partial charge < -0.3 is 5.11 Å². The maximum atomic E-state index is 10.8. The van der Waals surface area contributed by atoms with E-state index in [1.54, 1.807) is 0 Å². The van der Waals surface area contributed by atoms with E-state index in [2.05, 4.69) is 6.92 Å². The van der Waals surface area contributed by atoms with Gasteiger partial charge in [0, 0.05) is 4.88 Å². The molecule has 14 heavy (non-hydrogen) atoms. The first kappa shape index (κ1) is 9.71. The number of carbonyl (C=O) groups is 1. The molecule has 1 atom stereocenters. The monoisotopic (exact) mass is 210 g/mol. The fraction of sp³-hybridized carbons (Fsp3) is 0.545. The van der Waals surface area contributed by atoms with Crippen LogP contribution in [-0.4, -0.2) is 11.1 Å². The van der Waals surface area contributed by atoms with Crippen molar-refractivity contribution in [2.24, 2.45) is 0 Å². The molecule has 2 rings (SSSR count). The van der Waals surface area contributed by atoms with E-state index in [9.17, 15) is 4.79 Å². The average Bonchev–Trinajstić information content (AvgIpc) is 2.49. The largest absolute Gasteiger partial charge is 0.477 e. The first-order chi connectivity index (χ1) is 6.68. The third kappa shape index (κ3) is 1.69. The lowest BCUT2D eigenvalue weighted by molar-refractivity contribution is 0.0702. The van der Waals surface area contributed by atoms with Crippen LogP contribution < -0.4 is 0 Å². The Balaban J connectivity index is 2.38. The number of aromatic carboxylic acids is 1. The molecule has 1 N–H and O–H groups in total. The van der Waals surface area contributed by atoms with Crippen LogP contribution in [0.25, 0.3) is 0 Å². The molecule has 0 aromatic carbocycles. The Labute approximate surface area is 87.6 Å². The Morgan fingerprint density at radius 3 is 3.07 bits per heavy atom. The van der Waals surface area contributed by atoms with E-state index >= 15 is 0 Å². The highest BCUT2D eigenvalue weighted by Gasteiger charge is 2.20. The lowest BCUT2D eigenvalue weighted by Crippen LogP contribution is -1.90. The Bertz CT molecular complexity index is 354. The molecule has 1 heterocycles. The van der Waals surface area contributed by atoms with Crippen molar-refractivity contribution < 1.29 is 9.90 Å². The van der Waals surface area contributed by atoms with Gasteiger partial charge in [0.05, 0.1) is 0 Å². The molecule has 3 heteroatoms. The smallest absolute Gasteiger partial charge is 0.345 e. The predicted octanol–water partition coefficient (Wildman–Crippen LogP) is 3.28. The molecular formula is C11H14O2S. The van der Waals surface area contributed by atoms with Crippen molar-refractivity contribution >= 4 is 17.3 Å². The third-order valence-corrected chi connectivity index (χ3v) is 4.23. The number of hydrogen-bond donors (Lipinski definition) is 1. The zero-order chi connectivity index (χ0) is 10.1. The standard InChI is InChI=1S/C11H14O2S/c1-7-4-2-3-5-8-6-9(11(12)13)14-10(7)8/h6-7H,2-5H2,1H3,(H,12,13)/t7-/m0/s1. The second kappa shape index (κ2) is 3.73. The van der Waals surface area contributed by atoms with Crippen LogP contribution in [0.2, 0.25) is 0 Å². The minimum atomic E-state index is -0.782. The molecule has 0 amide bonds. The van der Waals surface area contributed by atoms with Crippen LogP contribution in [0, 0.1) is 0 Å². The summed E-state index contributed by atoms with van der Waals surface area (Å²) in [5.74, 6) is -0.235. The first-order valence-corrected chi connectivity index (χ1v) is 5.86. The maximum Gasteiger partial charge on any atom is 0.345 e. The minimum absolute atomic E-state index is 0.503. The summed E-state index contributed by atoms with van der Waals surface area (Å²) in [6.45, 7) is 2.20. The van der Waals surface area contributed by atoms with Crippen LogP contribution >= 0.6 is 11.3 Å². The molecule has 1 aromatic rings. The topological polar surface area (TPSA) is 37.3 Å². The lowest BCUT2D eigenvalue weighted by atomic mass is 10.0. The van der Waals surface area contributed by atoms with Gasteiger partial charge in [-0.2, -0.15) is 0 Å². The molecule has 0 saturated carbocycles. The van der Waals surface area contributed by atoms with Gasteiger partial charge in [0.25, 0.3) is 0 Å². The second-order valence-electron chi connectivity index (χ2n) is 3.95. The summed E-state index contributed by atoms with van der Waals surface area (Å²) >= 11 is 1.47. The van der Waals surface area contributed by atoms with Crippen LogP contribution in [0.4, 0.5) is 0 Å². The van der Waals surface area contributed by atoms with Gasteiger partial charge >= 0.3 is 5.97 Å². The van der Waals surface area contributed by atoms with Crippen LogP contribution in [0.15, 0.2) is 6.07 Å².